The third-order valence-electron chi connectivity index (χ3n) is 5.02. The second kappa shape index (κ2) is 8.30. The molecule has 5 nitrogen and oxygen atoms in total. The Morgan fingerprint density at radius 3 is 2.84 bits per heavy atom. The molecular formula is C20H28N4O. The van der Waals surface area contributed by atoms with Crippen molar-refractivity contribution in [3.05, 3.63) is 53.6 Å². The van der Waals surface area contributed by atoms with E-state index >= 15 is 0 Å². The van der Waals surface area contributed by atoms with Crippen LogP contribution in [0.2, 0.25) is 0 Å². The van der Waals surface area contributed by atoms with E-state index in [1.807, 2.05) is 30.5 Å². The first kappa shape index (κ1) is 17.7. The van der Waals surface area contributed by atoms with Crippen LogP contribution in [0, 0.1) is 0 Å². The maximum Gasteiger partial charge on any atom is 0.248 e. The van der Waals surface area contributed by atoms with Crippen LogP contribution in [-0.2, 0) is 13.1 Å². The molecule has 0 bridgehead atoms. The average molecular weight is 340 g/mol. The van der Waals surface area contributed by atoms with E-state index in [2.05, 4.69) is 27.6 Å². The van der Waals surface area contributed by atoms with Gasteiger partial charge in [0.25, 0.3) is 0 Å². The molecule has 2 aromatic rings. The Labute approximate surface area is 149 Å². The molecule has 1 amide bonds. The number of carbonyl (C=O) groups is 1. The van der Waals surface area contributed by atoms with Crippen LogP contribution in [0.3, 0.4) is 0 Å². The fourth-order valence-corrected chi connectivity index (χ4v) is 3.64. The minimum absolute atomic E-state index is 0.372. The summed E-state index contributed by atoms with van der Waals surface area (Å²) in [6.07, 6.45) is 8.87. The summed E-state index contributed by atoms with van der Waals surface area (Å²) in [6, 6.07) is 7.64. The quantitative estimate of drug-likeness (QED) is 0.842. The first-order chi connectivity index (χ1) is 12.2. The molecule has 0 spiro atoms. The van der Waals surface area contributed by atoms with Gasteiger partial charge in [0.2, 0.25) is 5.91 Å². The number of aromatic nitrogens is 2. The lowest BCUT2D eigenvalue weighted by Crippen LogP contribution is -2.35. The number of primary amides is 1. The van der Waals surface area contributed by atoms with Crippen molar-refractivity contribution in [3.63, 3.8) is 0 Å². The number of hydrogen-bond donors (Lipinski definition) is 1. The molecule has 1 aromatic carbocycles. The Kier molecular flexibility index (Phi) is 5.87. The van der Waals surface area contributed by atoms with Crippen LogP contribution in [0.1, 0.15) is 60.3 Å². The number of aryl methyl sites for hydroxylation is 1. The highest BCUT2D eigenvalue weighted by Gasteiger charge is 2.24. The molecule has 1 saturated heterocycles. The molecule has 1 aromatic heterocycles. The second-order valence-electron chi connectivity index (χ2n) is 6.97. The van der Waals surface area contributed by atoms with Crippen molar-refractivity contribution < 1.29 is 4.79 Å². The molecule has 2 N–H and O–H groups in total. The summed E-state index contributed by atoms with van der Waals surface area (Å²) in [6.45, 7) is 6.36. The van der Waals surface area contributed by atoms with Gasteiger partial charge in [-0.05, 0) is 43.5 Å². The third kappa shape index (κ3) is 4.48. The van der Waals surface area contributed by atoms with Gasteiger partial charge in [0.15, 0.2) is 0 Å². The van der Waals surface area contributed by atoms with Gasteiger partial charge in [0, 0.05) is 43.5 Å². The number of amides is 1. The summed E-state index contributed by atoms with van der Waals surface area (Å²) in [5.74, 6) is 1.37. The van der Waals surface area contributed by atoms with E-state index in [0.29, 0.717) is 11.5 Å². The summed E-state index contributed by atoms with van der Waals surface area (Å²) in [7, 11) is 0. The molecule has 25 heavy (non-hydrogen) atoms. The van der Waals surface area contributed by atoms with Crippen molar-refractivity contribution >= 4 is 5.91 Å². The molecule has 2 heterocycles. The number of imidazole rings is 1. The second-order valence-corrected chi connectivity index (χ2v) is 6.97. The molecule has 1 aliphatic heterocycles. The number of unbranched alkanes of at least 4 members (excludes halogenated alkanes) is 1. The number of carbonyl (C=O) groups excluding carboxylic acids is 1. The fraction of sp³-hybridized carbons (Fsp3) is 0.500. The Hall–Kier alpha value is -2.14. The van der Waals surface area contributed by atoms with Crippen LogP contribution in [0.15, 0.2) is 36.7 Å². The summed E-state index contributed by atoms with van der Waals surface area (Å²) in [5.41, 5.74) is 7.10. The van der Waals surface area contributed by atoms with Crippen LogP contribution >= 0.6 is 0 Å². The zero-order chi connectivity index (χ0) is 17.6. The maximum absolute atomic E-state index is 11.2. The Bertz CT molecular complexity index is 692. The van der Waals surface area contributed by atoms with Crippen LogP contribution in [0.25, 0.3) is 0 Å². The fourth-order valence-electron chi connectivity index (χ4n) is 3.64. The zero-order valence-corrected chi connectivity index (χ0v) is 15.0. The van der Waals surface area contributed by atoms with Crippen LogP contribution < -0.4 is 5.73 Å². The highest BCUT2D eigenvalue weighted by Crippen LogP contribution is 2.27. The van der Waals surface area contributed by atoms with Gasteiger partial charge >= 0.3 is 0 Å². The lowest BCUT2D eigenvalue weighted by Gasteiger charge is -2.32. The normalized spacial score (nSPS) is 18.4. The standard InChI is InChI=1S/C20H28N4O/c1-2-3-12-24-13-10-22-20(24)18-5-4-11-23(15-18)14-16-6-8-17(9-7-16)19(21)25/h6-10,13,18H,2-5,11-12,14-15H2,1H3,(H2,21,25). The molecule has 1 atom stereocenters. The molecule has 134 valence electrons. The van der Waals surface area contributed by atoms with Crippen LogP contribution in [0.5, 0.6) is 0 Å². The van der Waals surface area contributed by atoms with Crippen molar-refractivity contribution in [2.24, 2.45) is 5.73 Å². The summed E-state index contributed by atoms with van der Waals surface area (Å²) in [4.78, 5) is 18.3. The lowest BCUT2D eigenvalue weighted by molar-refractivity contribution is 0.100. The number of rotatable bonds is 7. The van der Waals surface area contributed by atoms with Crippen LogP contribution in [-0.4, -0.2) is 33.4 Å². The van der Waals surface area contributed by atoms with Gasteiger partial charge in [0.05, 0.1) is 0 Å². The van der Waals surface area contributed by atoms with E-state index in [4.69, 9.17) is 5.73 Å². The van der Waals surface area contributed by atoms with E-state index in [1.54, 1.807) is 0 Å². The molecule has 5 heteroatoms. The summed E-state index contributed by atoms with van der Waals surface area (Å²) >= 11 is 0. The topological polar surface area (TPSA) is 64.2 Å². The molecule has 0 saturated carbocycles. The van der Waals surface area contributed by atoms with Gasteiger partial charge in [-0.1, -0.05) is 25.5 Å². The van der Waals surface area contributed by atoms with E-state index < -0.39 is 0 Å². The van der Waals surface area contributed by atoms with Crippen molar-refractivity contribution in [3.8, 4) is 0 Å². The van der Waals surface area contributed by atoms with E-state index in [1.165, 1.54) is 37.1 Å². The van der Waals surface area contributed by atoms with Gasteiger partial charge in [0.1, 0.15) is 5.82 Å². The van der Waals surface area contributed by atoms with Gasteiger partial charge in [-0.3, -0.25) is 9.69 Å². The van der Waals surface area contributed by atoms with Crippen molar-refractivity contribution in [2.45, 2.75) is 51.6 Å². The first-order valence-electron chi connectivity index (χ1n) is 9.29. The van der Waals surface area contributed by atoms with E-state index in [0.717, 1.165) is 26.2 Å². The largest absolute Gasteiger partial charge is 0.366 e. The predicted molar refractivity (Wildman–Crippen MR) is 99.3 cm³/mol. The SMILES string of the molecule is CCCCn1ccnc1C1CCCN(Cc2ccc(C(N)=O)cc2)C1. The number of benzene rings is 1. The van der Waals surface area contributed by atoms with Crippen molar-refractivity contribution in [1.29, 1.82) is 0 Å². The zero-order valence-electron chi connectivity index (χ0n) is 15.0. The number of nitrogens with two attached hydrogens (primary N) is 1. The van der Waals surface area contributed by atoms with Crippen LogP contribution in [0.4, 0.5) is 0 Å². The molecule has 1 aliphatic rings. The predicted octanol–water partition coefficient (Wildman–Crippen LogP) is 3.16. The molecular weight excluding hydrogens is 312 g/mol. The smallest absolute Gasteiger partial charge is 0.248 e. The third-order valence-corrected chi connectivity index (χ3v) is 5.02. The molecule has 0 aliphatic carbocycles. The monoisotopic (exact) mass is 340 g/mol. The van der Waals surface area contributed by atoms with Crippen molar-refractivity contribution in [2.75, 3.05) is 13.1 Å². The van der Waals surface area contributed by atoms with Crippen molar-refractivity contribution in [1.82, 2.24) is 14.5 Å². The number of hydrogen-bond acceptors (Lipinski definition) is 3. The van der Waals surface area contributed by atoms with E-state index in [9.17, 15) is 4.79 Å². The maximum atomic E-state index is 11.2. The number of likely N-dealkylation sites (tertiary alicyclic amines) is 1. The summed E-state index contributed by atoms with van der Waals surface area (Å²) in [5, 5.41) is 0. The summed E-state index contributed by atoms with van der Waals surface area (Å²) < 4.78 is 2.33. The Morgan fingerprint density at radius 2 is 2.12 bits per heavy atom. The number of piperidine rings is 1. The molecule has 1 unspecified atom stereocenters. The average Bonchev–Trinajstić information content (AvgIpc) is 3.09. The van der Waals surface area contributed by atoms with Gasteiger partial charge in [-0.25, -0.2) is 4.98 Å². The minimum Gasteiger partial charge on any atom is -0.366 e. The molecule has 3 rings (SSSR count). The van der Waals surface area contributed by atoms with E-state index in [-0.39, 0.29) is 5.91 Å². The highest BCUT2D eigenvalue weighted by atomic mass is 16.1. The highest BCUT2D eigenvalue weighted by molar-refractivity contribution is 5.92. The Balaban J connectivity index is 1.63. The van der Waals surface area contributed by atoms with Gasteiger partial charge in [-0.2, -0.15) is 0 Å². The lowest BCUT2D eigenvalue weighted by atomic mass is 9.96. The van der Waals surface area contributed by atoms with Gasteiger partial charge < -0.3 is 10.3 Å². The van der Waals surface area contributed by atoms with Gasteiger partial charge in [-0.15, -0.1) is 0 Å². The molecule has 0 radical (unpaired) electrons. The minimum atomic E-state index is -0.372. The molecule has 1 fully saturated rings. The first-order valence-corrected chi connectivity index (χ1v) is 9.29. The Morgan fingerprint density at radius 1 is 1.32 bits per heavy atom. The number of nitrogens with zero attached hydrogens (tertiary/aromatic N) is 3.